The van der Waals surface area contributed by atoms with Crippen molar-refractivity contribution >= 4 is 32.9 Å². The predicted octanol–water partition coefficient (Wildman–Crippen LogP) is 5.15. The molecule has 0 aliphatic rings. The second kappa shape index (κ2) is 7.97. The van der Waals surface area contributed by atoms with Gasteiger partial charge in [0.05, 0.1) is 5.52 Å². The highest BCUT2D eigenvalue weighted by molar-refractivity contribution is 9.10. The molecule has 0 aliphatic heterocycles. The number of hydrogen-bond donors (Lipinski definition) is 1. The van der Waals surface area contributed by atoms with E-state index in [0.717, 1.165) is 34.9 Å². The number of carbonyl (C=O) groups is 1. The number of benzene rings is 1. The van der Waals surface area contributed by atoms with E-state index < -0.39 is 5.60 Å². The van der Waals surface area contributed by atoms with Gasteiger partial charge < -0.3 is 10.1 Å². The van der Waals surface area contributed by atoms with Crippen LogP contribution in [-0.2, 0) is 11.2 Å². The van der Waals surface area contributed by atoms with Crippen LogP contribution in [0.1, 0.15) is 44.9 Å². The second-order valence-corrected chi connectivity index (χ2v) is 7.80. The van der Waals surface area contributed by atoms with E-state index in [9.17, 15) is 4.79 Å². The van der Waals surface area contributed by atoms with Crippen molar-refractivity contribution in [2.24, 2.45) is 0 Å². The first kappa shape index (κ1) is 18.7. The van der Waals surface area contributed by atoms with Crippen LogP contribution in [0.15, 0.2) is 28.7 Å². The molecule has 0 unspecified atom stereocenters. The normalized spacial score (nSPS) is 11.5. The van der Waals surface area contributed by atoms with Gasteiger partial charge in [0.2, 0.25) is 0 Å². The van der Waals surface area contributed by atoms with Crippen molar-refractivity contribution in [1.82, 2.24) is 10.3 Å². The molecule has 0 spiro atoms. The molecule has 130 valence electrons. The van der Waals surface area contributed by atoms with E-state index >= 15 is 0 Å². The fourth-order valence-electron chi connectivity index (χ4n) is 2.44. The standard InChI is InChI=1S/C19H25BrN2O2/c1-13-8-11-16(20)17-15(13)10-9-14(22-17)7-5-6-12-21-18(23)24-19(2,3)4/h8-11H,5-7,12H2,1-4H3,(H,21,23). The van der Waals surface area contributed by atoms with Crippen LogP contribution in [0, 0.1) is 6.92 Å². The van der Waals surface area contributed by atoms with E-state index in [0.29, 0.717) is 6.54 Å². The first-order valence-electron chi connectivity index (χ1n) is 8.28. The van der Waals surface area contributed by atoms with Crippen molar-refractivity contribution in [3.63, 3.8) is 0 Å². The number of rotatable bonds is 5. The van der Waals surface area contributed by atoms with Gasteiger partial charge in [-0.3, -0.25) is 4.98 Å². The molecule has 0 atom stereocenters. The summed E-state index contributed by atoms with van der Waals surface area (Å²) in [7, 11) is 0. The van der Waals surface area contributed by atoms with Crippen LogP contribution < -0.4 is 5.32 Å². The van der Waals surface area contributed by atoms with Gasteiger partial charge >= 0.3 is 6.09 Å². The first-order chi connectivity index (χ1) is 11.3. The molecule has 2 aromatic rings. The number of ether oxygens (including phenoxy) is 1. The molecule has 1 aromatic heterocycles. The summed E-state index contributed by atoms with van der Waals surface area (Å²) >= 11 is 3.57. The SMILES string of the molecule is Cc1ccc(Br)c2nc(CCCCNC(=O)OC(C)(C)C)ccc12. The lowest BCUT2D eigenvalue weighted by molar-refractivity contribution is 0.0527. The average Bonchev–Trinajstić information content (AvgIpc) is 2.49. The third-order valence-electron chi connectivity index (χ3n) is 3.61. The number of amides is 1. The molecule has 0 fully saturated rings. The van der Waals surface area contributed by atoms with Gasteiger partial charge in [-0.2, -0.15) is 0 Å². The van der Waals surface area contributed by atoms with Gasteiger partial charge in [0.15, 0.2) is 0 Å². The number of nitrogens with zero attached hydrogens (tertiary/aromatic N) is 1. The Hall–Kier alpha value is -1.62. The Kier molecular flexibility index (Phi) is 6.21. The number of aryl methyl sites for hydroxylation is 2. The summed E-state index contributed by atoms with van der Waals surface area (Å²) in [4.78, 5) is 16.3. The molecule has 0 radical (unpaired) electrons. The third kappa shape index (κ3) is 5.48. The smallest absolute Gasteiger partial charge is 0.407 e. The van der Waals surface area contributed by atoms with Crippen LogP contribution in [0.2, 0.25) is 0 Å². The Labute approximate surface area is 152 Å². The highest BCUT2D eigenvalue weighted by Crippen LogP contribution is 2.25. The number of unbranched alkanes of at least 4 members (excludes halogenated alkanes) is 1. The zero-order chi connectivity index (χ0) is 17.7. The maximum absolute atomic E-state index is 11.6. The topological polar surface area (TPSA) is 51.2 Å². The number of aromatic nitrogens is 1. The van der Waals surface area contributed by atoms with Gasteiger partial charge in [-0.05, 0) is 80.6 Å². The lowest BCUT2D eigenvalue weighted by Gasteiger charge is -2.19. The lowest BCUT2D eigenvalue weighted by Crippen LogP contribution is -2.33. The van der Waals surface area contributed by atoms with Gasteiger partial charge in [-0.15, -0.1) is 0 Å². The molecule has 1 aromatic carbocycles. The molecule has 0 saturated heterocycles. The number of halogens is 1. The predicted molar refractivity (Wildman–Crippen MR) is 101 cm³/mol. The van der Waals surface area contributed by atoms with Crippen LogP contribution in [0.3, 0.4) is 0 Å². The van der Waals surface area contributed by atoms with Crippen LogP contribution in [0.5, 0.6) is 0 Å². The largest absolute Gasteiger partial charge is 0.444 e. The maximum Gasteiger partial charge on any atom is 0.407 e. The highest BCUT2D eigenvalue weighted by atomic mass is 79.9. The number of alkyl carbamates (subject to hydrolysis) is 1. The second-order valence-electron chi connectivity index (χ2n) is 6.95. The third-order valence-corrected chi connectivity index (χ3v) is 4.25. The van der Waals surface area contributed by atoms with Crippen LogP contribution in [0.4, 0.5) is 4.79 Å². The van der Waals surface area contributed by atoms with Gasteiger partial charge in [0, 0.05) is 22.1 Å². The minimum Gasteiger partial charge on any atom is -0.444 e. The van der Waals surface area contributed by atoms with E-state index in [1.165, 1.54) is 10.9 Å². The minimum absolute atomic E-state index is 0.356. The minimum atomic E-state index is -0.454. The Morgan fingerprint density at radius 2 is 1.96 bits per heavy atom. The molecule has 4 nitrogen and oxygen atoms in total. The zero-order valence-corrected chi connectivity index (χ0v) is 16.4. The summed E-state index contributed by atoms with van der Waals surface area (Å²) in [5, 5.41) is 3.96. The van der Waals surface area contributed by atoms with Crippen molar-refractivity contribution in [2.45, 2.75) is 52.6 Å². The molecule has 1 N–H and O–H groups in total. The van der Waals surface area contributed by atoms with Crippen LogP contribution >= 0.6 is 15.9 Å². The molecular weight excluding hydrogens is 368 g/mol. The number of pyridine rings is 1. The Morgan fingerprint density at radius 1 is 1.21 bits per heavy atom. The Morgan fingerprint density at radius 3 is 2.67 bits per heavy atom. The van der Waals surface area contributed by atoms with E-state index in [1.807, 2.05) is 26.8 Å². The van der Waals surface area contributed by atoms with Crippen LogP contribution in [0.25, 0.3) is 10.9 Å². The van der Waals surface area contributed by atoms with Gasteiger partial charge in [-0.1, -0.05) is 12.1 Å². The quantitative estimate of drug-likeness (QED) is 0.715. The Bertz CT molecular complexity index is 723. The van der Waals surface area contributed by atoms with Crippen molar-refractivity contribution in [3.8, 4) is 0 Å². The molecule has 2 rings (SSSR count). The molecule has 1 heterocycles. The fraction of sp³-hybridized carbons (Fsp3) is 0.474. The molecule has 0 saturated carbocycles. The molecule has 1 amide bonds. The van der Waals surface area contributed by atoms with Crippen molar-refractivity contribution in [3.05, 3.63) is 40.0 Å². The molecule has 0 aliphatic carbocycles. The van der Waals surface area contributed by atoms with Gasteiger partial charge in [-0.25, -0.2) is 4.79 Å². The van der Waals surface area contributed by atoms with E-state index in [-0.39, 0.29) is 6.09 Å². The van der Waals surface area contributed by atoms with Crippen molar-refractivity contribution in [1.29, 1.82) is 0 Å². The summed E-state index contributed by atoms with van der Waals surface area (Å²) in [5.41, 5.74) is 2.87. The number of carbonyl (C=O) groups excluding carboxylic acids is 1. The highest BCUT2D eigenvalue weighted by Gasteiger charge is 2.15. The average molecular weight is 393 g/mol. The first-order valence-corrected chi connectivity index (χ1v) is 9.07. The number of fused-ring (bicyclic) bond motifs is 1. The summed E-state index contributed by atoms with van der Waals surface area (Å²) in [5.74, 6) is 0. The molecule has 0 bridgehead atoms. The molecule has 24 heavy (non-hydrogen) atoms. The summed E-state index contributed by atoms with van der Waals surface area (Å²) in [6, 6.07) is 8.36. The summed E-state index contributed by atoms with van der Waals surface area (Å²) in [6.45, 7) is 8.29. The van der Waals surface area contributed by atoms with E-state index in [1.54, 1.807) is 0 Å². The fourth-order valence-corrected chi connectivity index (χ4v) is 2.88. The van der Waals surface area contributed by atoms with Crippen molar-refractivity contribution in [2.75, 3.05) is 6.54 Å². The lowest BCUT2D eigenvalue weighted by atomic mass is 10.1. The summed E-state index contributed by atoms with van der Waals surface area (Å²) < 4.78 is 6.23. The molecule has 5 heteroatoms. The number of nitrogens with one attached hydrogen (secondary N) is 1. The maximum atomic E-state index is 11.6. The Balaban J connectivity index is 1.82. The number of hydrogen-bond acceptors (Lipinski definition) is 3. The van der Waals surface area contributed by atoms with E-state index in [2.05, 4.69) is 46.4 Å². The summed E-state index contributed by atoms with van der Waals surface area (Å²) in [6.07, 6.45) is 2.41. The van der Waals surface area contributed by atoms with E-state index in [4.69, 9.17) is 9.72 Å². The van der Waals surface area contributed by atoms with Gasteiger partial charge in [0.25, 0.3) is 0 Å². The molecular formula is C19H25BrN2O2. The van der Waals surface area contributed by atoms with Gasteiger partial charge in [0.1, 0.15) is 5.60 Å². The van der Waals surface area contributed by atoms with Crippen molar-refractivity contribution < 1.29 is 9.53 Å². The van der Waals surface area contributed by atoms with Crippen LogP contribution in [-0.4, -0.2) is 23.2 Å². The zero-order valence-electron chi connectivity index (χ0n) is 14.8. The monoisotopic (exact) mass is 392 g/mol.